The van der Waals surface area contributed by atoms with Crippen molar-refractivity contribution < 1.29 is 19.1 Å². The molecule has 188 valence electrons. The van der Waals surface area contributed by atoms with Crippen LogP contribution in [0.15, 0.2) is 0 Å². The summed E-state index contributed by atoms with van der Waals surface area (Å²) in [6.07, 6.45) is 19.5. The SMILES string of the molecule is CCCCCCCCCCCCCCCCCC(=O)NC(=O)CCC(N)C(=O)OC(C)C. The molecule has 0 heterocycles. The Kier molecular flexibility index (Phi) is 20.5. The summed E-state index contributed by atoms with van der Waals surface area (Å²) < 4.78 is 5.00. The van der Waals surface area contributed by atoms with Crippen molar-refractivity contribution in [2.24, 2.45) is 5.73 Å². The van der Waals surface area contributed by atoms with Gasteiger partial charge in [-0.2, -0.15) is 0 Å². The Morgan fingerprint density at radius 2 is 1.09 bits per heavy atom. The average molecular weight is 455 g/mol. The third kappa shape index (κ3) is 20.5. The molecule has 3 N–H and O–H groups in total. The van der Waals surface area contributed by atoms with Gasteiger partial charge in [-0.05, 0) is 26.7 Å². The lowest BCUT2D eigenvalue weighted by molar-refractivity contribution is -0.149. The van der Waals surface area contributed by atoms with E-state index >= 15 is 0 Å². The molecule has 0 aromatic heterocycles. The Morgan fingerprint density at radius 3 is 1.53 bits per heavy atom. The maximum atomic E-state index is 11.9. The number of carbonyl (C=O) groups is 3. The molecule has 32 heavy (non-hydrogen) atoms. The molecule has 0 aliphatic carbocycles. The zero-order valence-electron chi connectivity index (χ0n) is 21.1. The number of rotatable bonds is 21. The molecule has 0 saturated heterocycles. The first kappa shape index (κ1) is 30.6. The molecule has 2 amide bonds. The second kappa shape index (κ2) is 21.4. The van der Waals surface area contributed by atoms with Gasteiger partial charge < -0.3 is 10.5 Å². The Morgan fingerprint density at radius 1 is 0.688 bits per heavy atom. The van der Waals surface area contributed by atoms with Crippen LogP contribution < -0.4 is 11.1 Å². The zero-order valence-corrected chi connectivity index (χ0v) is 21.1. The molecule has 0 fully saturated rings. The van der Waals surface area contributed by atoms with E-state index in [9.17, 15) is 14.4 Å². The van der Waals surface area contributed by atoms with Crippen LogP contribution >= 0.6 is 0 Å². The second-order valence-electron chi connectivity index (χ2n) is 9.30. The van der Waals surface area contributed by atoms with Gasteiger partial charge in [0.15, 0.2) is 0 Å². The van der Waals surface area contributed by atoms with Gasteiger partial charge in [0.05, 0.1) is 6.10 Å². The van der Waals surface area contributed by atoms with Crippen molar-refractivity contribution in [1.82, 2.24) is 5.32 Å². The fourth-order valence-corrected chi connectivity index (χ4v) is 3.66. The van der Waals surface area contributed by atoms with E-state index in [1.54, 1.807) is 13.8 Å². The van der Waals surface area contributed by atoms with Gasteiger partial charge in [-0.3, -0.25) is 19.7 Å². The summed E-state index contributed by atoms with van der Waals surface area (Å²) in [5.74, 6) is -1.15. The third-order valence-electron chi connectivity index (χ3n) is 5.62. The summed E-state index contributed by atoms with van der Waals surface area (Å²) in [7, 11) is 0. The van der Waals surface area contributed by atoms with Gasteiger partial charge in [-0.25, -0.2) is 0 Å². The number of ether oxygens (including phenoxy) is 1. The fourth-order valence-electron chi connectivity index (χ4n) is 3.66. The van der Waals surface area contributed by atoms with E-state index in [1.165, 1.54) is 77.0 Å². The van der Waals surface area contributed by atoms with E-state index in [1.807, 2.05) is 0 Å². The van der Waals surface area contributed by atoms with Crippen LogP contribution in [0.5, 0.6) is 0 Å². The maximum absolute atomic E-state index is 11.9. The molecular weight excluding hydrogens is 404 g/mol. The molecule has 0 aromatic carbocycles. The van der Waals surface area contributed by atoms with Crippen LogP contribution in [0.3, 0.4) is 0 Å². The summed E-state index contributed by atoms with van der Waals surface area (Å²) in [6, 6.07) is -0.839. The van der Waals surface area contributed by atoms with Crippen LogP contribution in [-0.4, -0.2) is 29.9 Å². The van der Waals surface area contributed by atoms with E-state index < -0.39 is 12.0 Å². The number of amides is 2. The zero-order chi connectivity index (χ0) is 24.0. The molecule has 0 spiro atoms. The Balaban J connectivity index is 3.47. The lowest BCUT2D eigenvalue weighted by atomic mass is 10.0. The number of imide groups is 1. The summed E-state index contributed by atoms with van der Waals surface area (Å²) in [5.41, 5.74) is 5.70. The van der Waals surface area contributed by atoms with Gasteiger partial charge in [-0.1, -0.05) is 96.8 Å². The molecule has 6 heteroatoms. The van der Waals surface area contributed by atoms with E-state index in [0.29, 0.717) is 6.42 Å². The van der Waals surface area contributed by atoms with E-state index in [4.69, 9.17) is 10.5 Å². The van der Waals surface area contributed by atoms with Crippen molar-refractivity contribution in [3.05, 3.63) is 0 Å². The van der Waals surface area contributed by atoms with Gasteiger partial charge in [0, 0.05) is 12.8 Å². The minimum Gasteiger partial charge on any atom is -0.462 e. The lowest BCUT2D eigenvalue weighted by Crippen LogP contribution is -2.36. The highest BCUT2D eigenvalue weighted by molar-refractivity contribution is 5.95. The first-order chi connectivity index (χ1) is 15.4. The first-order valence-corrected chi connectivity index (χ1v) is 13.2. The number of hydrogen-bond donors (Lipinski definition) is 2. The third-order valence-corrected chi connectivity index (χ3v) is 5.62. The van der Waals surface area contributed by atoms with Crippen LogP contribution in [0, 0.1) is 0 Å². The lowest BCUT2D eigenvalue weighted by Gasteiger charge is -2.13. The molecule has 0 bridgehead atoms. The van der Waals surface area contributed by atoms with Gasteiger partial charge in [0.2, 0.25) is 11.8 Å². The average Bonchev–Trinajstić information content (AvgIpc) is 2.74. The summed E-state index contributed by atoms with van der Waals surface area (Å²) >= 11 is 0. The molecule has 0 aromatic rings. The van der Waals surface area contributed by atoms with Crippen molar-refractivity contribution >= 4 is 17.8 Å². The highest BCUT2D eigenvalue weighted by Crippen LogP contribution is 2.13. The van der Waals surface area contributed by atoms with Gasteiger partial charge >= 0.3 is 5.97 Å². The summed E-state index contributed by atoms with van der Waals surface area (Å²) in [4.78, 5) is 35.3. The van der Waals surface area contributed by atoms with E-state index in [0.717, 1.165) is 19.3 Å². The monoisotopic (exact) mass is 454 g/mol. The quantitative estimate of drug-likeness (QED) is 0.165. The van der Waals surface area contributed by atoms with Crippen molar-refractivity contribution in [3.8, 4) is 0 Å². The molecule has 0 rings (SSSR count). The largest absolute Gasteiger partial charge is 0.462 e. The first-order valence-electron chi connectivity index (χ1n) is 13.2. The maximum Gasteiger partial charge on any atom is 0.323 e. The summed E-state index contributed by atoms with van der Waals surface area (Å²) in [5, 5.41) is 2.38. The number of esters is 1. The number of unbranched alkanes of at least 4 members (excludes halogenated alkanes) is 14. The van der Waals surface area contributed by atoms with Crippen molar-refractivity contribution in [2.75, 3.05) is 0 Å². The predicted octanol–water partition coefficient (Wildman–Crippen LogP) is 5.95. The Labute approximate surface area is 196 Å². The van der Waals surface area contributed by atoms with Gasteiger partial charge in [0.25, 0.3) is 0 Å². The van der Waals surface area contributed by atoms with Crippen LogP contribution in [0.4, 0.5) is 0 Å². The molecule has 1 atom stereocenters. The highest BCUT2D eigenvalue weighted by Gasteiger charge is 2.18. The molecular formula is C26H50N2O4. The fraction of sp³-hybridized carbons (Fsp3) is 0.885. The van der Waals surface area contributed by atoms with Crippen molar-refractivity contribution in [2.45, 2.75) is 148 Å². The number of carbonyl (C=O) groups excluding carboxylic acids is 3. The minimum atomic E-state index is -0.839. The smallest absolute Gasteiger partial charge is 0.323 e. The molecule has 0 aliphatic rings. The topological polar surface area (TPSA) is 98.5 Å². The molecule has 0 saturated carbocycles. The second-order valence-corrected chi connectivity index (χ2v) is 9.30. The number of hydrogen-bond acceptors (Lipinski definition) is 5. The number of nitrogens with two attached hydrogens (primary N) is 1. The normalized spacial score (nSPS) is 12.0. The standard InChI is InChI=1S/C26H50N2O4/c1-4-5-6-7-8-9-10-11-12-13-14-15-16-17-18-19-24(29)28-25(30)21-20-23(27)26(31)32-22(2)3/h22-23H,4-21,27H2,1-3H3,(H,28,29,30). The van der Waals surface area contributed by atoms with Crippen LogP contribution in [0.2, 0.25) is 0 Å². The molecule has 6 nitrogen and oxygen atoms in total. The van der Waals surface area contributed by atoms with Crippen LogP contribution in [0.1, 0.15) is 136 Å². The molecule has 1 unspecified atom stereocenters. The molecule has 0 radical (unpaired) electrons. The van der Waals surface area contributed by atoms with Crippen LogP contribution in [0.25, 0.3) is 0 Å². The van der Waals surface area contributed by atoms with E-state index in [2.05, 4.69) is 12.2 Å². The van der Waals surface area contributed by atoms with Crippen molar-refractivity contribution in [1.29, 1.82) is 0 Å². The predicted molar refractivity (Wildman–Crippen MR) is 131 cm³/mol. The van der Waals surface area contributed by atoms with Crippen molar-refractivity contribution in [3.63, 3.8) is 0 Å². The van der Waals surface area contributed by atoms with Gasteiger partial charge in [0.1, 0.15) is 6.04 Å². The highest BCUT2D eigenvalue weighted by atomic mass is 16.5. The Bertz CT molecular complexity index is 494. The summed E-state index contributed by atoms with van der Waals surface area (Å²) in [6.45, 7) is 5.75. The Hall–Kier alpha value is -1.43. The van der Waals surface area contributed by atoms with Crippen LogP contribution in [-0.2, 0) is 19.1 Å². The van der Waals surface area contributed by atoms with Gasteiger partial charge in [-0.15, -0.1) is 0 Å². The number of nitrogens with one attached hydrogen (secondary N) is 1. The molecule has 0 aliphatic heterocycles. The minimum absolute atomic E-state index is 0.0406. The van der Waals surface area contributed by atoms with E-state index in [-0.39, 0.29) is 30.8 Å².